The van der Waals surface area contributed by atoms with E-state index in [1.54, 1.807) is 27.8 Å². The highest BCUT2D eigenvalue weighted by Gasteiger charge is 2.19. The molecule has 1 aromatic carbocycles. The van der Waals surface area contributed by atoms with Gasteiger partial charge in [-0.2, -0.15) is 5.26 Å². The van der Waals surface area contributed by atoms with Gasteiger partial charge in [-0.3, -0.25) is 0 Å². The second-order valence-corrected chi connectivity index (χ2v) is 5.50. The molecule has 0 aliphatic rings. The van der Waals surface area contributed by atoms with Crippen LogP contribution in [0.3, 0.4) is 0 Å². The highest BCUT2D eigenvalue weighted by atomic mass is 19.1. The highest BCUT2D eigenvalue weighted by Crippen LogP contribution is 2.18. The van der Waals surface area contributed by atoms with Gasteiger partial charge in [-0.15, -0.1) is 0 Å². The number of nitriles is 1. The third-order valence-corrected chi connectivity index (χ3v) is 2.45. The summed E-state index contributed by atoms with van der Waals surface area (Å²) in [7, 11) is 1.59. The Morgan fingerprint density at radius 1 is 1.43 bits per heavy atom. The average molecular weight is 294 g/mol. The first-order valence-electron chi connectivity index (χ1n) is 6.49. The Bertz CT molecular complexity index is 547. The van der Waals surface area contributed by atoms with Crippen molar-refractivity contribution in [3.8, 4) is 11.8 Å². The zero-order valence-corrected chi connectivity index (χ0v) is 12.6. The van der Waals surface area contributed by atoms with Crippen LogP contribution in [0.5, 0.6) is 5.75 Å². The van der Waals surface area contributed by atoms with Crippen LogP contribution in [0.2, 0.25) is 0 Å². The number of amides is 1. The standard InChI is InChI=1S/C15H19FN2O3/c1-15(2,3)21-14(19)18(4)7-8-20-13-6-5-12(16)9-11(13)10-17/h5-6,9H,7-8H2,1-4H3. The number of hydrogen-bond acceptors (Lipinski definition) is 4. The summed E-state index contributed by atoms with van der Waals surface area (Å²) < 4.78 is 23.6. The minimum absolute atomic E-state index is 0.120. The summed E-state index contributed by atoms with van der Waals surface area (Å²) >= 11 is 0. The van der Waals surface area contributed by atoms with Crippen molar-refractivity contribution in [1.29, 1.82) is 5.26 Å². The van der Waals surface area contributed by atoms with E-state index in [9.17, 15) is 9.18 Å². The van der Waals surface area contributed by atoms with Crippen molar-refractivity contribution in [2.24, 2.45) is 0 Å². The lowest BCUT2D eigenvalue weighted by Gasteiger charge is -2.24. The molecule has 1 amide bonds. The van der Waals surface area contributed by atoms with E-state index in [4.69, 9.17) is 14.7 Å². The third kappa shape index (κ3) is 5.69. The molecular formula is C15H19FN2O3. The molecule has 5 nitrogen and oxygen atoms in total. The number of halogens is 1. The summed E-state index contributed by atoms with van der Waals surface area (Å²) in [5.74, 6) is -0.207. The zero-order chi connectivity index (χ0) is 16.0. The fourth-order valence-electron chi connectivity index (χ4n) is 1.44. The minimum atomic E-state index is -0.558. The van der Waals surface area contributed by atoms with E-state index in [0.717, 1.165) is 6.07 Å². The number of rotatable bonds is 4. The molecule has 0 fully saturated rings. The Morgan fingerprint density at radius 3 is 2.67 bits per heavy atom. The zero-order valence-electron chi connectivity index (χ0n) is 12.6. The molecule has 0 N–H and O–H groups in total. The first-order valence-corrected chi connectivity index (χ1v) is 6.49. The van der Waals surface area contributed by atoms with Crippen molar-refractivity contribution in [2.45, 2.75) is 26.4 Å². The van der Waals surface area contributed by atoms with E-state index in [0.29, 0.717) is 0 Å². The Labute approximate surface area is 123 Å². The molecule has 0 saturated heterocycles. The van der Waals surface area contributed by atoms with E-state index in [1.165, 1.54) is 17.0 Å². The lowest BCUT2D eigenvalue weighted by Crippen LogP contribution is -2.36. The Hall–Kier alpha value is -2.29. The van der Waals surface area contributed by atoms with Crippen molar-refractivity contribution in [1.82, 2.24) is 4.90 Å². The predicted octanol–water partition coefficient (Wildman–Crippen LogP) is 2.94. The number of hydrogen-bond donors (Lipinski definition) is 0. The second-order valence-electron chi connectivity index (χ2n) is 5.50. The molecular weight excluding hydrogens is 275 g/mol. The van der Waals surface area contributed by atoms with Gasteiger partial charge in [-0.1, -0.05) is 0 Å². The van der Waals surface area contributed by atoms with Crippen LogP contribution in [0, 0.1) is 17.1 Å². The van der Waals surface area contributed by atoms with Gasteiger partial charge in [0, 0.05) is 7.05 Å². The van der Waals surface area contributed by atoms with Gasteiger partial charge >= 0.3 is 6.09 Å². The van der Waals surface area contributed by atoms with Crippen LogP contribution in [0.25, 0.3) is 0 Å². The summed E-state index contributed by atoms with van der Waals surface area (Å²) in [5, 5.41) is 8.89. The summed E-state index contributed by atoms with van der Waals surface area (Å²) in [6.07, 6.45) is -0.453. The van der Waals surface area contributed by atoms with Gasteiger partial charge in [-0.05, 0) is 39.0 Å². The molecule has 0 spiro atoms. The molecule has 0 atom stereocenters. The molecule has 0 unspecified atom stereocenters. The van der Waals surface area contributed by atoms with Gasteiger partial charge in [0.15, 0.2) is 0 Å². The van der Waals surface area contributed by atoms with Gasteiger partial charge in [0.2, 0.25) is 0 Å². The number of carbonyl (C=O) groups excluding carboxylic acids is 1. The van der Waals surface area contributed by atoms with Crippen molar-refractivity contribution < 1.29 is 18.7 Å². The summed E-state index contributed by atoms with van der Waals surface area (Å²) in [6.45, 7) is 5.82. The van der Waals surface area contributed by atoms with E-state index in [2.05, 4.69) is 0 Å². The van der Waals surface area contributed by atoms with Gasteiger partial charge < -0.3 is 14.4 Å². The van der Waals surface area contributed by atoms with Crippen LogP contribution in [0.15, 0.2) is 18.2 Å². The fraction of sp³-hybridized carbons (Fsp3) is 0.467. The molecule has 0 aliphatic carbocycles. The number of ether oxygens (including phenoxy) is 2. The van der Waals surface area contributed by atoms with Crippen molar-refractivity contribution in [3.05, 3.63) is 29.6 Å². The van der Waals surface area contributed by atoms with Crippen molar-refractivity contribution >= 4 is 6.09 Å². The number of benzene rings is 1. The van der Waals surface area contributed by atoms with Gasteiger partial charge in [-0.25, -0.2) is 9.18 Å². The first-order chi connectivity index (χ1) is 9.73. The number of nitrogens with zero attached hydrogens (tertiary/aromatic N) is 2. The van der Waals surface area contributed by atoms with E-state index in [1.807, 2.05) is 6.07 Å². The molecule has 1 rings (SSSR count). The summed E-state index contributed by atoms with van der Waals surface area (Å²) in [6, 6.07) is 5.57. The van der Waals surface area contributed by atoms with Crippen LogP contribution in [-0.4, -0.2) is 36.8 Å². The molecule has 21 heavy (non-hydrogen) atoms. The fourth-order valence-corrected chi connectivity index (χ4v) is 1.44. The Kier molecular flexibility index (Phi) is 5.53. The topological polar surface area (TPSA) is 62.6 Å². The van der Waals surface area contributed by atoms with Crippen LogP contribution in [0.4, 0.5) is 9.18 Å². The normalized spacial score (nSPS) is 10.7. The molecule has 0 bridgehead atoms. The lowest BCUT2D eigenvalue weighted by atomic mass is 10.2. The van der Waals surface area contributed by atoms with E-state index in [-0.39, 0.29) is 24.5 Å². The highest BCUT2D eigenvalue weighted by molar-refractivity contribution is 5.67. The molecule has 6 heteroatoms. The Balaban J connectivity index is 2.51. The van der Waals surface area contributed by atoms with Gasteiger partial charge in [0.05, 0.1) is 12.1 Å². The monoisotopic (exact) mass is 294 g/mol. The molecule has 0 aliphatic heterocycles. The van der Waals surface area contributed by atoms with Gasteiger partial charge in [0.1, 0.15) is 29.8 Å². The largest absolute Gasteiger partial charge is 0.490 e. The van der Waals surface area contributed by atoms with Crippen molar-refractivity contribution in [2.75, 3.05) is 20.2 Å². The lowest BCUT2D eigenvalue weighted by molar-refractivity contribution is 0.0278. The third-order valence-electron chi connectivity index (χ3n) is 2.45. The maximum Gasteiger partial charge on any atom is 0.410 e. The SMILES string of the molecule is CN(CCOc1ccc(F)cc1C#N)C(=O)OC(C)(C)C. The number of likely N-dealkylation sites (N-methyl/N-ethyl adjacent to an activating group) is 1. The van der Waals surface area contributed by atoms with Crippen LogP contribution < -0.4 is 4.74 Å². The average Bonchev–Trinajstić information content (AvgIpc) is 2.38. The van der Waals surface area contributed by atoms with Crippen LogP contribution in [-0.2, 0) is 4.74 Å². The predicted molar refractivity (Wildman–Crippen MR) is 75.5 cm³/mol. The first kappa shape index (κ1) is 16.8. The van der Waals surface area contributed by atoms with Gasteiger partial charge in [0.25, 0.3) is 0 Å². The summed E-state index contributed by atoms with van der Waals surface area (Å²) in [5.41, 5.74) is -0.438. The second kappa shape index (κ2) is 6.93. The molecule has 114 valence electrons. The summed E-state index contributed by atoms with van der Waals surface area (Å²) in [4.78, 5) is 13.1. The molecule has 0 aromatic heterocycles. The minimum Gasteiger partial charge on any atom is -0.490 e. The van der Waals surface area contributed by atoms with E-state index < -0.39 is 17.5 Å². The molecule has 0 heterocycles. The van der Waals surface area contributed by atoms with Crippen LogP contribution in [0.1, 0.15) is 26.3 Å². The maximum atomic E-state index is 13.0. The Morgan fingerprint density at radius 2 is 2.10 bits per heavy atom. The van der Waals surface area contributed by atoms with E-state index >= 15 is 0 Å². The smallest absolute Gasteiger partial charge is 0.410 e. The van der Waals surface area contributed by atoms with Crippen LogP contribution >= 0.6 is 0 Å². The molecule has 0 saturated carbocycles. The molecule has 0 radical (unpaired) electrons. The quantitative estimate of drug-likeness (QED) is 0.856. The maximum absolute atomic E-state index is 13.0. The number of carbonyl (C=O) groups is 1. The van der Waals surface area contributed by atoms with Crippen molar-refractivity contribution in [3.63, 3.8) is 0 Å². The molecule has 1 aromatic rings.